The molecule has 0 amide bonds. The molecule has 0 spiro atoms. The average molecular weight is 342 g/mol. The van der Waals surface area contributed by atoms with Crippen LogP contribution in [0.3, 0.4) is 0 Å². The lowest BCUT2D eigenvalue weighted by molar-refractivity contribution is -0.180. The maximum absolute atomic E-state index is 12.6. The highest BCUT2D eigenvalue weighted by molar-refractivity contribution is 5.86. The zero-order chi connectivity index (χ0) is 17.7. The van der Waals surface area contributed by atoms with Gasteiger partial charge in [0.1, 0.15) is 5.75 Å². The van der Waals surface area contributed by atoms with E-state index in [1.807, 2.05) is 18.2 Å². The van der Waals surface area contributed by atoms with E-state index in [2.05, 4.69) is 11.3 Å². The predicted molar refractivity (Wildman–Crippen MR) is 81.4 cm³/mol. The fourth-order valence-corrected chi connectivity index (χ4v) is 1.88. The minimum atomic E-state index is -4.37. The van der Waals surface area contributed by atoms with Crippen LogP contribution in [-0.4, -0.2) is 31.5 Å². The Balaban J connectivity index is 1.93. The molecule has 2 aromatic rings. The molecule has 2 rings (SSSR count). The van der Waals surface area contributed by atoms with Crippen molar-refractivity contribution in [2.45, 2.75) is 12.3 Å². The van der Waals surface area contributed by atoms with Crippen molar-refractivity contribution in [3.63, 3.8) is 0 Å². The number of halogens is 4. The number of fused-ring (bicyclic) bond motifs is 1. The molecule has 0 aliphatic heterocycles. The molecule has 0 saturated heterocycles. The summed E-state index contributed by atoms with van der Waals surface area (Å²) < 4.78 is 58.4. The van der Waals surface area contributed by atoms with Crippen LogP contribution in [0, 0.1) is 0 Å². The quantitative estimate of drug-likeness (QED) is 0.556. The first kappa shape index (κ1) is 17.8. The number of carbonyl (C=O) groups excluding carboxylic acids is 1. The van der Waals surface area contributed by atoms with Crippen molar-refractivity contribution in [1.82, 2.24) is 0 Å². The summed E-state index contributed by atoms with van der Waals surface area (Å²) in [6.45, 7) is 1.33. The highest BCUT2D eigenvalue weighted by Gasteiger charge is 2.42. The summed E-state index contributed by atoms with van der Waals surface area (Å²) in [5.41, 5.74) is 0.944. The fourth-order valence-electron chi connectivity index (χ4n) is 1.88. The summed E-state index contributed by atoms with van der Waals surface area (Å²) in [7, 11) is 0. The second kappa shape index (κ2) is 7.33. The standard InChI is InChI=1S/C17H14F4O3/c1-2-11-3-4-13-8-14(6-5-12(13)7-11)23-9-15(22)24-10-17(20,21)16(18)19/h2-8,16H,1,9-10H2. The Labute approximate surface area is 135 Å². The van der Waals surface area contributed by atoms with Gasteiger partial charge in [-0.15, -0.1) is 0 Å². The van der Waals surface area contributed by atoms with Crippen LogP contribution in [0.1, 0.15) is 5.56 Å². The summed E-state index contributed by atoms with van der Waals surface area (Å²) >= 11 is 0. The van der Waals surface area contributed by atoms with Crippen molar-refractivity contribution >= 4 is 22.8 Å². The molecule has 2 aromatic carbocycles. The smallest absolute Gasteiger partial charge is 0.344 e. The Kier molecular flexibility index (Phi) is 5.43. The number of ether oxygens (including phenoxy) is 2. The first-order valence-electron chi connectivity index (χ1n) is 6.92. The van der Waals surface area contributed by atoms with E-state index in [1.165, 1.54) is 0 Å². The number of alkyl halides is 4. The average Bonchev–Trinajstić information content (AvgIpc) is 2.57. The molecular formula is C17H14F4O3. The van der Waals surface area contributed by atoms with Crippen molar-refractivity contribution in [1.29, 1.82) is 0 Å². The molecule has 128 valence electrons. The van der Waals surface area contributed by atoms with Gasteiger partial charge in [0.2, 0.25) is 0 Å². The van der Waals surface area contributed by atoms with Gasteiger partial charge in [0.15, 0.2) is 13.2 Å². The molecule has 0 N–H and O–H groups in total. The zero-order valence-electron chi connectivity index (χ0n) is 12.5. The lowest BCUT2D eigenvalue weighted by atomic mass is 10.1. The number of hydrogen-bond acceptors (Lipinski definition) is 3. The topological polar surface area (TPSA) is 35.5 Å². The lowest BCUT2D eigenvalue weighted by Gasteiger charge is -2.15. The Hall–Kier alpha value is -2.57. The van der Waals surface area contributed by atoms with Crippen molar-refractivity contribution < 1.29 is 31.8 Å². The second-order valence-corrected chi connectivity index (χ2v) is 4.98. The molecule has 0 fully saturated rings. The minimum absolute atomic E-state index is 0.325. The maximum Gasteiger partial charge on any atom is 0.344 e. The van der Waals surface area contributed by atoms with Gasteiger partial charge in [-0.3, -0.25) is 0 Å². The highest BCUT2D eigenvalue weighted by Crippen LogP contribution is 2.24. The maximum atomic E-state index is 12.6. The van der Waals surface area contributed by atoms with E-state index >= 15 is 0 Å². The Morgan fingerprint density at radius 2 is 1.83 bits per heavy atom. The molecule has 0 saturated carbocycles. The summed E-state index contributed by atoms with van der Waals surface area (Å²) in [5, 5.41) is 1.77. The van der Waals surface area contributed by atoms with E-state index in [1.54, 1.807) is 24.3 Å². The summed E-state index contributed by atoms with van der Waals surface area (Å²) in [4.78, 5) is 11.3. The minimum Gasteiger partial charge on any atom is -0.482 e. The number of hydrogen-bond donors (Lipinski definition) is 0. The van der Waals surface area contributed by atoms with Gasteiger partial charge < -0.3 is 9.47 Å². The molecule has 0 radical (unpaired) electrons. The third-order valence-electron chi connectivity index (χ3n) is 3.17. The van der Waals surface area contributed by atoms with E-state index in [0.29, 0.717) is 5.75 Å². The molecule has 0 aromatic heterocycles. The van der Waals surface area contributed by atoms with Crippen LogP contribution >= 0.6 is 0 Å². The lowest BCUT2D eigenvalue weighted by Crippen LogP contribution is -2.34. The molecule has 0 atom stereocenters. The Morgan fingerprint density at radius 1 is 1.17 bits per heavy atom. The molecule has 24 heavy (non-hydrogen) atoms. The van der Waals surface area contributed by atoms with Crippen LogP contribution in [0.25, 0.3) is 16.8 Å². The summed E-state index contributed by atoms with van der Waals surface area (Å²) in [6, 6.07) is 10.6. The van der Waals surface area contributed by atoms with Gasteiger partial charge in [0.05, 0.1) is 0 Å². The number of carbonyl (C=O) groups is 1. The predicted octanol–water partition coefficient (Wildman–Crippen LogP) is 4.31. The highest BCUT2D eigenvalue weighted by atomic mass is 19.3. The summed E-state index contributed by atoms with van der Waals surface area (Å²) in [6.07, 6.45) is -2.19. The number of rotatable bonds is 7. The second-order valence-electron chi connectivity index (χ2n) is 4.98. The molecule has 0 unspecified atom stereocenters. The van der Waals surface area contributed by atoms with Crippen LogP contribution in [0.4, 0.5) is 17.6 Å². The molecule has 0 bridgehead atoms. The van der Waals surface area contributed by atoms with Crippen LogP contribution in [-0.2, 0) is 9.53 Å². The van der Waals surface area contributed by atoms with Gasteiger partial charge in [-0.1, -0.05) is 30.9 Å². The zero-order valence-corrected chi connectivity index (χ0v) is 12.5. The van der Waals surface area contributed by atoms with Gasteiger partial charge in [-0.2, -0.15) is 8.78 Å². The molecule has 0 aliphatic carbocycles. The van der Waals surface area contributed by atoms with Gasteiger partial charge in [-0.05, 0) is 34.5 Å². The van der Waals surface area contributed by atoms with Crippen molar-refractivity contribution in [2.24, 2.45) is 0 Å². The van der Waals surface area contributed by atoms with Crippen LogP contribution in [0.5, 0.6) is 5.75 Å². The molecule has 3 nitrogen and oxygen atoms in total. The Bertz CT molecular complexity index is 744. The molecular weight excluding hydrogens is 328 g/mol. The molecule has 7 heteroatoms. The van der Waals surface area contributed by atoms with E-state index < -0.39 is 31.5 Å². The fraction of sp³-hybridized carbons (Fsp3) is 0.235. The molecule has 0 heterocycles. The number of benzene rings is 2. The molecule has 0 aliphatic rings. The van der Waals surface area contributed by atoms with Gasteiger partial charge >= 0.3 is 18.3 Å². The van der Waals surface area contributed by atoms with Crippen molar-refractivity contribution in [3.05, 3.63) is 48.5 Å². The van der Waals surface area contributed by atoms with E-state index in [4.69, 9.17) is 4.74 Å². The third-order valence-corrected chi connectivity index (χ3v) is 3.17. The normalized spacial score (nSPS) is 11.5. The SMILES string of the molecule is C=Cc1ccc2cc(OCC(=O)OCC(F)(F)C(F)F)ccc2c1. The van der Waals surface area contributed by atoms with Crippen molar-refractivity contribution in [2.75, 3.05) is 13.2 Å². The van der Waals surface area contributed by atoms with Crippen LogP contribution in [0.15, 0.2) is 43.0 Å². The Morgan fingerprint density at radius 3 is 2.50 bits per heavy atom. The number of esters is 1. The first-order valence-corrected chi connectivity index (χ1v) is 6.92. The van der Waals surface area contributed by atoms with E-state index in [9.17, 15) is 22.4 Å². The largest absolute Gasteiger partial charge is 0.482 e. The van der Waals surface area contributed by atoms with Crippen LogP contribution < -0.4 is 4.74 Å². The van der Waals surface area contributed by atoms with E-state index in [-0.39, 0.29) is 0 Å². The van der Waals surface area contributed by atoms with Gasteiger partial charge in [0, 0.05) is 0 Å². The van der Waals surface area contributed by atoms with Crippen molar-refractivity contribution in [3.8, 4) is 5.75 Å². The summed E-state index contributed by atoms with van der Waals surface area (Å²) in [5.74, 6) is -5.20. The van der Waals surface area contributed by atoms with E-state index in [0.717, 1.165) is 16.3 Å². The third kappa shape index (κ3) is 4.47. The van der Waals surface area contributed by atoms with Gasteiger partial charge in [0.25, 0.3) is 0 Å². The van der Waals surface area contributed by atoms with Crippen LogP contribution in [0.2, 0.25) is 0 Å². The van der Waals surface area contributed by atoms with Gasteiger partial charge in [-0.25, -0.2) is 13.6 Å². The monoisotopic (exact) mass is 342 g/mol. The first-order chi connectivity index (χ1) is 11.3.